The number of carboxylic acids is 1. The lowest BCUT2D eigenvalue weighted by molar-refractivity contribution is 0.0697. The Hall–Kier alpha value is -1.55. The van der Waals surface area contributed by atoms with Crippen LogP contribution < -0.4 is 4.90 Å². The summed E-state index contributed by atoms with van der Waals surface area (Å²) in [5, 5.41) is 8.93. The average molecular weight is 278 g/mol. The van der Waals surface area contributed by atoms with Gasteiger partial charge in [0.1, 0.15) is 0 Å². The van der Waals surface area contributed by atoms with Crippen LogP contribution >= 0.6 is 0 Å². The van der Waals surface area contributed by atoms with Crippen LogP contribution in [0, 0.1) is 0 Å². The molecule has 0 unspecified atom stereocenters. The molecule has 20 heavy (non-hydrogen) atoms. The number of carboxylic acid groups (broad SMARTS) is 1. The van der Waals surface area contributed by atoms with E-state index in [4.69, 9.17) is 5.11 Å². The lowest BCUT2D eigenvalue weighted by atomic mass is 10.2. The average Bonchev–Trinajstić information content (AvgIpc) is 2.43. The zero-order valence-electron chi connectivity index (χ0n) is 13.0. The summed E-state index contributed by atoms with van der Waals surface area (Å²) in [6.07, 6.45) is 1.08. The normalized spacial score (nSPS) is 11.1. The van der Waals surface area contributed by atoms with E-state index in [0.717, 1.165) is 31.7 Å². The number of carbonyl (C=O) groups is 1. The Balaban J connectivity index is 2.72. The van der Waals surface area contributed by atoms with Crippen LogP contribution in [0.3, 0.4) is 0 Å². The number of rotatable bonds is 8. The van der Waals surface area contributed by atoms with Gasteiger partial charge in [0.15, 0.2) is 0 Å². The lowest BCUT2D eigenvalue weighted by Crippen LogP contribution is -2.36. The fourth-order valence-electron chi connectivity index (χ4n) is 1.99. The van der Waals surface area contributed by atoms with Gasteiger partial charge in [0.25, 0.3) is 0 Å². The standard InChI is InChI=1S/C16H26N2O2/c1-5-10-18(12-11-17(4)13(2)3)15-8-6-14(7-9-15)16(19)20/h6-9,13H,5,10-12H2,1-4H3,(H,19,20). The van der Waals surface area contributed by atoms with Gasteiger partial charge >= 0.3 is 5.97 Å². The molecule has 4 nitrogen and oxygen atoms in total. The number of anilines is 1. The highest BCUT2D eigenvalue weighted by Gasteiger charge is 2.10. The molecule has 0 radical (unpaired) electrons. The highest BCUT2D eigenvalue weighted by atomic mass is 16.4. The van der Waals surface area contributed by atoms with Crippen molar-refractivity contribution in [3.63, 3.8) is 0 Å². The van der Waals surface area contributed by atoms with Gasteiger partial charge < -0.3 is 14.9 Å². The Labute approximate surface area is 122 Å². The molecule has 0 atom stereocenters. The Kier molecular flexibility index (Phi) is 6.52. The van der Waals surface area contributed by atoms with Gasteiger partial charge in [0.2, 0.25) is 0 Å². The molecule has 1 N–H and O–H groups in total. The van der Waals surface area contributed by atoms with Gasteiger partial charge in [-0.2, -0.15) is 0 Å². The highest BCUT2D eigenvalue weighted by molar-refractivity contribution is 5.88. The summed E-state index contributed by atoms with van der Waals surface area (Å²) < 4.78 is 0. The largest absolute Gasteiger partial charge is 0.478 e. The molecule has 0 aliphatic carbocycles. The summed E-state index contributed by atoms with van der Waals surface area (Å²) in [5.41, 5.74) is 1.43. The van der Waals surface area contributed by atoms with E-state index in [0.29, 0.717) is 11.6 Å². The number of benzene rings is 1. The SMILES string of the molecule is CCCN(CCN(C)C(C)C)c1ccc(C(=O)O)cc1. The van der Waals surface area contributed by atoms with Crippen molar-refractivity contribution in [3.05, 3.63) is 29.8 Å². The van der Waals surface area contributed by atoms with Crippen molar-refractivity contribution < 1.29 is 9.90 Å². The van der Waals surface area contributed by atoms with Gasteiger partial charge in [-0.05, 0) is 51.6 Å². The van der Waals surface area contributed by atoms with E-state index >= 15 is 0 Å². The number of aromatic carboxylic acids is 1. The Morgan fingerprint density at radius 3 is 2.20 bits per heavy atom. The van der Waals surface area contributed by atoms with Gasteiger partial charge in [-0.1, -0.05) is 6.92 Å². The van der Waals surface area contributed by atoms with E-state index in [-0.39, 0.29) is 0 Å². The number of likely N-dealkylation sites (N-methyl/N-ethyl adjacent to an activating group) is 1. The van der Waals surface area contributed by atoms with E-state index in [1.54, 1.807) is 12.1 Å². The second-order valence-electron chi connectivity index (χ2n) is 5.41. The van der Waals surface area contributed by atoms with Gasteiger partial charge in [-0.25, -0.2) is 4.79 Å². The number of hydrogen-bond donors (Lipinski definition) is 1. The molecule has 0 bridgehead atoms. The van der Waals surface area contributed by atoms with Crippen LogP contribution in [0.4, 0.5) is 5.69 Å². The predicted molar refractivity (Wildman–Crippen MR) is 83.7 cm³/mol. The van der Waals surface area contributed by atoms with Crippen LogP contribution in [0.15, 0.2) is 24.3 Å². The van der Waals surface area contributed by atoms with E-state index < -0.39 is 5.97 Å². The third-order valence-corrected chi connectivity index (χ3v) is 3.58. The molecular weight excluding hydrogens is 252 g/mol. The molecule has 4 heteroatoms. The van der Waals surface area contributed by atoms with Crippen molar-refractivity contribution in [2.75, 3.05) is 31.6 Å². The number of nitrogens with zero attached hydrogens (tertiary/aromatic N) is 2. The minimum absolute atomic E-state index is 0.337. The molecule has 0 fully saturated rings. The highest BCUT2D eigenvalue weighted by Crippen LogP contribution is 2.16. The van der Waals surface area contributed by atoms with Crippen LogP contribution in [0.25, 0.3) is 0 Å². The molecule has 0 saturated heterocycles. The first kappa shape index (κ1) is 16.5. The van der Waals surface area contributed by atoms with E-state index in [1.807, 2.05) is 12.1 Å². The van der Waals surface area contributed by atoms with Gasteiger partial charge in [-0.15, -0.1) is 0 Å². The predicted octanol–water partition coefficient (Wildman–Crippen LogP) is 2.94. The molecule has 0 aromatic heterocycles. The molecule has 0 aliphatic rings. The second-order valence-corrected chi connectivity index (χ2v) is 5.41. The Morgan fingerprint density at radius 2 is 1.75 bits per heavy atom. The Morgan fingerprint density at radius 1 is 1.15 bits per heavy atom. The van der Waals surface area contributed by atoms with Crippen molar-refractivity contribution in [1.29, 1.82) is 0 Å². The van der Waals surface area contributed by atoms with Gasteiger partial charge in [-0.3, -0.25) is 0 Å². The number of hydrogen-bond acceptors (Lipinski definition) is 3. The maximum atomic E-state index is 10.9. The van der Waals surface area contributed by atoms with Crippen molar-refractivity contribution in [2.24, 2.45) is 0 Å². The van der Waals surface area contributed by atoms with Crippen LogP contribution in [0.5, 0.6) is 0 Å². The monoisotopic (exact) mass is 278 g/mol. The van der Waals surface area contributed by atoms with E-state index in [9.17, 15) is 4.79 Å². The Bertz CT molecular complexity index is 415. The molecule has 1 aromatic carbocycles. The summed E-state index contributed by atoms with van der Waals surface area (Å²) in [6, 6.07) is 7.68. The van der Waals surface area contributed by atoms with E-state index in [1.165, 1.54) is 0 Å². The third kappa shape index (κ3) is 4.85. The molecular formula is C16H26N2O2. The summed E-state index contributed by atoms with van der Waals surface area (Å²) in [5.74, 6) is -0.877. The van der Waals surface area contributed by atoms with Gasteiger partial charge in [0.05, 0.1) is 5.56 Å². The molecule has 112 valence electrons. The van der Waals surface area contributed by atoms with Crippen LogP contribution in [-0.4, -0.2) is 48.7 Å². The summed E-state index contributed by atoms with van der Waals surface area (Å²) in [7, 11) is 2.13. The maximum Gasteiger partial charge on any atom is 0.335 e. The van der Waals surface area contributed by atoms with Crippen LogP contribution in [-0.2, 0) is 0 Å². The topological polar surface area (TPSA) is 43.8 Å². The van der Waals surface area contributed by atoms with Crippen molar-refractivity contribution in [3.8, 4) is 0 Å². The zero-order chi connectivity index (χ0) is 15.1. The molecule has 0 heterocycles. The first-order valence-electron chi connectivity index (χ1n) is 7.24. The molecule has 1 rings (SSSR count). The molecule has 0 saturated carbocycles. The quantitative estimate of drug-likeness (QED) is 0.794. The lowest BCUT2D eigenvalue weighted by Gasteiger charge is -2.29. The van der Waals surface area contributed by atoms with Crippen LogP contribution in [0.2, 0.25) is 0 Å². The molecule has 0 amide bonds. The third-order valence-electron chi connectivity index (χ3n) is 3.58. The fraction of sp³-hybridized carbons (Fsp3) is 0.562. The fourth-order valence-corrected chi connectivity index (χ4v) is 1.99. The summed E-state index contributed by atoms with van der Waals surface area (Å²) >= 11 is 0. The van der Waals surface area contributed by atoms with Gasteiger partial charge in [0, 0.05) is 31.4 Å². The molecule has 1 aromatic rings. The smallest absolute Gasteiger partial charge is 0.335 e. The molecule has 0 spiro atoms. The minimum Gasteiger partial charge on any atom is -0.478 e. The van der Waals surface area contributed by atoms with E-state index in [2.05, 4.69) is 37.6 Å². The summed E-state index contributed by atoms with van der Waals surface area (Å²) in [6.45, 7) is 9.47. The first-order valence-corrected chi connectivity index (χ1v) is 7.24. The van der Waals surface area contributed by atoms with Crippen molar-refractivity contribution in [2.45, 2.75) is 33.2 Å². The second kappa shape index (κ2) is 7.90. The van der Waals surface area contributed by atoms with Crippen molar-refractivity contribution >= 4 is 11.7 Å². The minimum atomic E-state index is -0.877. The molecule has 0 aliphatic heterocycles. The zero-order valence-corrected chi connectivity index (χ0v) is 13.0. The van der Waals surface area contributed by atoms with Crippen molar-refractivity contribution in [1.82, 2.24) is 4.90 Å². The first-order chi connectivity index (χ1) is 9.45. The van der Waals surface area contributed by atoms with Crippen LogP contribution in [0.1, 0.15) is 37.6 Å². The summed E-state index contributed by atoms with van der Waals surface area (Å²) in [4.78, 5) is 15.5. The maximum absolute atomic E-state index is 10.9.